The minimum atomic E-state index is -3.56. The number of anilines is 2. The predicted octanol–water partition coefficient (Wildman–Crippen LogP) is 9.96. The Labute approximate surface area is 344 Å². The Morgan fingerprint density at radius 2 is 1.60 bits per heavy atom. The number of carboxylic acid groups (broad SMARTS) is 1. The monoisotopic (exact) mass is 848 g/mol. The van der Waals surface area contributed by atoms with Gasteiger partial charge in [-0.3, -0.25) is 9.62 Å². The SMILES string of the molecule is CC(C)(C)[Si](C)(C)O[C@@H](CNCCCCCCCCCN1CCC(N(C(=O)O)c2ccc(F)cc2-c2ccc(O)c(Cl)c2)CC1)c1ccc(O)c(NS(C)(=O)=O)c1. The minimum absolute atomic E-state index is 0.0130. The molecule has 1 heterocycles. The first kappa shape index (κ1) is 46.3. The van der Waals surface area contributed by atoms with Crippen LogP contribution in [0.4, 0.5) is 20.6 Å². The maximum absolute atomic E-state index is 14.4. The number of sulfonamides is 1. The second-order valence-corrected chi connectivity index (χ2v) is 23.7. The van der Waals surface area contributed by atoms with Gasteiger partial charge in [-0.2, -0.15) is 0 Å². The molecule has 0 bridgehead atoms. The number of amides is 1. The zero-order valence-corrected chi connectivity index (χ0v) is 36.9. The topological polar surface area (TPSA) is 152 Å². The van der Waals surface area contributed by atoms with Gasteiger partial charge < -0.3 is 30.0 Å². The summed E-state index contributed by atoms with van der Waals surface area (Å²) < 4.78 is 47.3. The number of phenols is 2. The Bertz CT molecular complexity index is 1910. The van der Waals surface area contributed by atoms with Crippen molar-refractivity contribution in [3.8, 4) is 22.6 Å². The van der Waals surface area contributed by atoms with Gasteiger partial charge in [-0.15, -0.1) is 0 Å². The van der Waals surface area contributed by atoms with Gasteiger partial charge in [0.2, 0.25) is 10.0 Å². The molecule has 0 unspecified atom stereocenters. The number of likely N-dealkylation sites (tertiary alicyclic amines) is 1. The first-order valence-corrected chi connectivity index (χ1v) is 25.2. The summed E-state index contributed by atoms with van der Waals surface area (Å²) >= 11 is 6.13. The number of halogens is 2. The zero-order valence-electron chi connectivity index (χ0n) is 34.3. The van der Waals surface area contributed by atoms with E-state index < -0.39 is 30.3 Å². The maximum Gasteiger partial charge on any atom is 0.412 e. The second kappa shape index (κ2) is 20.5. The number of carbonyl (C=O) groups is 1. The van der Waals surface area contributed by atoms with Crippen LogP contribution in [0.15, 0.2) is 54.6 Å². The molecule has 3 aromatic carbocycles. The van der Waals surface area contributed by atoms with E-state index in [2.05, 4.69) is 48.8 Å². The summed E-state index contributed by atoms with van der Waals surface area (Å²) in [6.07, 6.45) is 8.89. The van der Waals surface area contributed by atoms with Crippen molar-refractivity contribution in [2.75, 3.05) is 48.6 Å². The standard InChI is InChI=1S/C42H62ClFN4O7SSi/c1-42(2,3)57(5,6)55-40(31-15-19-39(50)36(27-31)46-56(4,53)54)29-45-22-12-10-8-7-9-11-13-23-47-24-20-33(21-25-47)48(41(51)52)37-17-16-32(44)28-34(37)30-14-18-38(49)35(43)26-30/h14-19,26-28,33,40,45-46,49-50H,7-13,20-25,29H2,1-6H3,(H,51,52)/t40-/m0/s1. The number of nitrogens with one attached hydrogen (secondary N) is 2. The Kier molecular flexibility index (Phi) is 16.7. The largest absolute Gasteiger partial charge is 0.506 e. The molecular formula is C42H62ClFN4O7SSi. The first-order chi connectivity index (χ1) is 26.8. The number of phenolic OH excluding ortho intramolecular Hbond substituents is 2. The Balaban J connectivity index is 1.16. The number of aromatic hydroxyl groups is 2. The first-order valence-electron chi connectivity index (χ1n) is 20.0. The number of unbranched alkanes of at least 4 members (excludes halogenated alkanes) is 6. The van der Waals surface area contributed by atoms with E-state index in [0.29, 0.717) is 36.2 Å². The lowest BCUT2D eigenvalue weighted by Gasteiger charge is -2.39. The predicted molar refractivity (Wildman–Crippen MR) is 231 cm³/mol. The number of benzene rings is 3. The van der Waals surface area contributed by atoms with Crippen LogP contribution in [0.3, 0.4) is 0 Å². The zero-order chi connectivity index (χ0) is 42.0. The fourth-order valence-electron chi connectivity index (χ4n) is 6.98. The average molecular weight is 850 g/mol. The van der Waals surface area contributed by atoms with Crippen LogP contribution in [0.25, 0.3) is 11.1 Å². The van der Waals surface area contributed by atoms with Gasteiger partial charge in [0.25, 0.3) is 0 Å². The third-order valence-corrected chi connectivity index (χ3v) is 16.6. The highest BCUT2D eigenvalue weighted by Gasteiger charge is 2.39. The summed E-state index contributed by atoms with van der Waals surface area (Å²) in [7, 11) is -5.73. The molecule has 1 fully saturated rings. The molecule has 0 radical (unpaired) electrons. The van der Waals surface area contributed by atoms with E-state index in [0.717, 1.165) is 70.1 Å². The van der Waals surface area contributed by atoms with Crippen LogP contribution in [0.1, 0.15) is 90.2 Å². The summed E-state index contributed by atoms with van der Waals surface area (Å²) in [5.74, 6) is -0.721. The van der Waals surface area contributed by atoms with E-state index in [1.807, 2.05) is 0 Å². The summed E-state index contributed by atoms with van der Waals surface area (Å²) in [6.45, 7) is 14.9. The highest BCUT2D eigenvalue weighted by Crippen LogP contribution is 2.41. The number of hydrogen-bond acceptors (Lipinski definition) is 8. The van der Waals surface area contributed by atoms with Gasteiger partial charge in [0.05, 0.1) is 28.8 Å². The number of hydrogen-bond donors (Lipinski definition) is 5. The molecule has 15 heteroatoms. The van der Waals surface area contributed by atoms with Gasteiger partial charge in [0, 0.05) is 31.2 Å². The van der Waals surface area contributed by atoms with Gasteiger partial charge in [-0.1, -0.05) is 76.6 Å². The number of piperidine rings is 1. The van der Waals surface area contributed by atoms with Crippen LogP contribution >= 0.6 is 11.6 Å². The van der Waals surface area contributed by atoms with Gasteiger partial charge in [0.15, 0.2) is 8.32 Å². The molecule has 1 saturated heterocycles. The van der Waals surface area contributed by atoms with Crippen molar-refractivity contribution in [2.45, 2.75) is 109 Å². The molecule has 5 N–H and O–H groups in total. The molecule has 0 saturated carbocycles. The summed E-state index contributed by atoms with van der Waals surface area (Å²) in [6, 6.07) is 13.3. The van der Waals surface area contributed by atoms with Crippen molar-refractivity contribution < 1.29 is 37.3 Å². The summed E-state index contributed by atoms with van der Waals surface area (Å²) in [5, 5.41) is 34.1. The van der Waals surface area contributed by atoms with Crippen LogP contribution in [-0.4, -0.2) is 88.1 Å². The molecule has 0 aromatic heterocycles. The third-order valence-electron chi connectivity index (χ3n) is 11.2. The van der Waals surface area contributed by atoms with E-state index in [1.165, 1.54) is 54.1 Å². The van der Waals surface area contributed by atoms with Crippen molar-refractivity contribution in [1.82, 2.24) is 10.2 Å². The average Bonchev–Trinajstić information content (AvgIpc) is 3.12. The van der Waals surface area contributed by atoms with Gasteiger partial charge in [-0.25, -0.2) is 17.6 Å². The van der Waals surface area contributed by atoms with Crippen molar-refractivity contribution >= 4 is 47.4 Å². The van der Waals surface area contributed by atoms with E-state index >= 15 is 0 Å². The molecule has 0 spiro atoms. The van der Waals surface area contributed by atoms with Crippen LogP contribution in [0.2, 0.25) is 23.2 Å². The molecule has 57 heavy (non-hydrogen) atoms. The molecule has 1 aliphatic heterocycles. The van der Waals surface area contributed by atoms with Crippen LogP contribution in [-0.2, 0) is 14.4 Å². The Morgan fingerprint density at radius 1 is 0.965 bits per heavy atom. The van der Waals surface area contributed by atoms with E-state index in [1.54, 1.807) is 18.2 Å². The molecule has 1 atom stereocenters. The molecule has 11 nitrogen and oxygen atoms in total. The van der Waals surface area contributed by atoms with E-state index in [9.17, 15) is 32.9 Å². The number of rotatable bonds is 20. The smallest absolute Gasteiger partial charge is 0.412 e. The molecular weight excluding hydrogens is 787 g/mol. The van der Waals surface area contributed by atoms with Gasteiger partial charge in [-0.05, 0) is 110 Å². The Morgan fingerprint density at radius 3 is 2.21 bits per heavy atom. The highest BCUT2D eigenvalue weighted by atomic mass is 35.5. The molecule has 3 aromatic rings. The minimum Gasteiger partial charge on any atom is -0.506 e. The third kappa shape index (κ3) is 13.9. The van der Waals surface area contributed by atoms with Crippen molar-refractivity contribution in [2.24, 2.45) is 0 Å². The number of nitrogens with zero attached hydrogens (tertiary/aromatic N) is 2. The van der Waals surface area contributed by atoms with Crippen LogP contribution < -0.4 is 14.9 Å². The lowest BCUT2D eigenvalue weighted by atomic mass is 9.98. The van der Waals surface area contributed by atoms with Crippen LogP contribution in [0.5, 0.6) is 11.5 Å². The van der Waals surface area contributed by atoms with Crippen LogP contribution in [0, 0.1) is 5.82 Å². The summed E-state index contributed by atoms with van der Waals surface area (Å²) in [5.41, 5.74) is 2.28. The van der Waals surface area contributed by atoms with Crippen molar-refractivity contribution in [1.29, 1.82) is 0 Å². The van der Waals surface area contributed by atoms with E-state index in [4.69, 9.17) is 16.0 Å². The lowest BCUT2D eigenvalue weighted by molar-refractivity contribution is 0.179. The Hall–Kier alpha value is -3.40. The second-order valence-electron chi connectivity index (χ2n) is 16.7. The van der Waals surface area contributed by atoms with Crippen molar-refractivity contribution in [3.05, 3.63) is 71.0 Å². The molecule has 0 aliphatic carbocycles. The molecule has 1 aliphatic rings. The quantitative estimate of drug-likeness (QED) is 0.0425. The maximum atomic E-state index is 14.4. The van der Waals surface area contributed by atoms with Gasteiger partial charge >= 0.3 is 6.09 Å². The normalized spacial score (nSPS) is 15.1. The summed E-state index contributed by atoms with van der Waals surface area (Å²) in [4.78, 5) is 16.3. The lowest BCUT2D eigenvalue weighted by Crippen LogP contribution is -2.47. The highest BCUT2D eigenvalue weighted by molar-refractivity contribution is 7.92. The van der Waals surface area contributed by atoms with Gasteiger partial charge in [0.1, 0.15) is 17.3 Å². The fraction of sp³-hybridized carbons (Fsp3) is 0.548. The van der Waals surface area contributed by atoms with E-state index in [-0.39, 0.29) is 39.4 Å². The molecule has 4 rings (SSSR count). The molecule has 316 valence electrons. The fourth-order valence-corrected chi connectivity index (χ4v) is 9.01. The molecule has 1 amide bonds. The van der Waals surface area contributed by atoms with Crippen molar-refractivity contribution in [3.63, 3.8) is 0 Å².